The number of carbonyl (C=O) groups is 2. The van der Waals surface area contributed by atoms with Gasteiger partial charge in [0, 0.05) is 29.7 Å². The SMILES string of the molecule is CC(C)(C)OC(=O)N1C2CCCC1CN(C(=O)c1ccc3c(Cl)c4c(nc3c1)CCCC4)C2. The van der Waals surface area contributed by atoms with Crippen LogP contribution in [0.5, 0.6) is 0 Å². The highest BCUT2D eigenvalue weighted by molar-refractivity contribution is 6.36. The molecule has 1 aromatic heterocycles. The molecule has 0 N–H and O–H groups in total. The lowest BCUT2D eigenvalue weighted by Gasteiger charge is -2.49. The molecule has 3 aliphatic rings. The third-order valence-electron chi connectivity index (χ3n) is 7.06. The van der Waals surface area contributed by atoms with Crippen LogP contribution in [-0.2, 0) is 17.6 Å². The number of ether oxygens (including phenoxy) is 1. The summed E-state index contributed by atoms with van der Waals surface area (Å²) in [5.74, 6) is -0.00622. The second-order valence-corrected chi connectivity index (χ2v) is 11.0. The summed E-state index contributed by atoms with van der Waals surface area (Å²) in [6, 6.07) is 5.68. The molecular weight excluding hydrogens is 438 g/mol. The van der Waals surface area contributed by atoms with E-state index in [2.05, 4.69) is 0 Å². The van der Waals surface area contributed by atoms with E-state index in [-0.39, 0.29) is 24.1 Å². The molecule has 2 unspecified atom stereocenters. The molecular formula is C26H32ClN3O3. The number of fused-ring (bicyclic) bond motifs is 4. The normalized spacial score (nSPS) is 22.8. The molecule has 5 rings (SSSR count). The summed E-state index contributed by atoms with van der Waals surface area (Å²) >= 11 is 6.71. The van der Waals surface area contributed by atoms with Gasteiger partial charge < -0.3 is 9.64 Å². The highest BCUT2D eigenvalue weighted by Gasteiger charge is 2.43. The lowest BCUT2D eigenvalue weighted by molar-refractivity contribution is -0.0334. The molecule has 2 bridgehead atoms. The van der Waals surface area contributed by atoms with E-state index < -0.39 is 5.60 Å². The zero-order valence-electron chi connectivity index (χ0n) is 19.7. The molecule has 2 saturated heterocycles. The number of amides is 2. The van der Waals surface area contributed by atoms with Crippen molar-refractivity contribution in [1.82, 2.24) is 14.8 Å². The number of benzene rings is 1. The molecule has 3 heterocycles. The van der Waals surface area contributed by atoms with Gasteiger partial charge in [-0.15, -0.1) is 0 Å². The first-order valence-corrected chi connectivity index (χ1v) is 12.5. The van der Waals surface area contributed by atoms with Crippen molar-refractivity contribution < 1.29 is 14.3 Å². The van der Waals surface area contributed by atoms with Gasteiger partial charge in [-0.2, -0.15) is 0 Å². The van der Waals surface area contributed by atoms with Gasteiger partial charge in [-0.1, -0.05) is 17.7 Å². The minimum absolute atomic E-state index is 0.00338. The molecule has 1 aromatic carbocycles. The number of likely N-dealkylation sites (tertiary alicyclic amines) is 1. The second kappa shape index (κ2) is 8.46. The molecule has 2 aromatic rings. The topological polar surface area (TPSA) is 62.7 Å². The summed E-state index contributed by atoms with van der Waals surface area (Å²) in [5.41, 5.74) is 3.13. The molecule has 1 aliphatic carbocycles. The Bertz CT molecular complexity index is 1100. The molecule has 0 saturated carbocycles. The first kappa shape index (κ1) is 22.5. The molecule has 33 heavy (non-hydrogen) atoms. The number of piperazine rings is 1. The van der Waals surface area contributed by atoms with Crippen LogP contribution in [0.1, 0.15) is 74.5 Å². The van der Waals surface area contributed by atoms with Crippen LogP contribution < -0.4 is 0 Å². The Kier molecular flexibility index (Phi) is 5.76. The molecule has 2 amide bonds. The number of nitrogens with zero attached hydrogens (tertiary/aromatic N) is 3. The van der Waals surface area contributed by atoms with Gasteiger partial charge in [0.15, 0.2) is 0 Å². The molecule has 2 fully saturated rings. The summed E-state index contributed by atoms with van der Waals surface area (Å²) < 4.78 is 5.66. The third-order valence-corrected chi connectivity index (χ3v) is 7.49. The molecule has 2 aliphatic heterocycles. The number of aryl methyl sites for hydroxylation is 1. The fraction of sp³-hybridized carbons (Fsp3) is 0.577. The molecule has 0 radical (unpaired) electrons. The maximum Gasteiger partial charge on any atom is 0.410 e. The van der Waals surface area contributed by atoms with Crippen LogP contribution >= 0.6 is 11.6 Å². The van der Waals surface area contributed by atoms with Crippen LogP contribution in [-0.4, -0.2) is 57.6 Å². The summed E-state index contributed by atoms with van der Waals surface area (Å²) in [4.78, 5) is 35.0. The number of rotatable bonds is 1. The number of pyridine rings is 1. The van der Waals surface area contributed by atoms with Crippen molar-refractivity contribution in [1.29, 1.82) is 0 Å². The molecule has 2 atom stereocenters. The Hall–Kier alpha value is -2.34. The number of hydrogen-bond acceptors (Lipinski definition) is 4. The van der Waals surface area contributed by atoms with Gasteiger partial charge in [0.1, 0.15) is 5.60 Å². The number of halogens is 1. The predicted molar refractivity (Wildman–Crippen MR) is 129 cm³/mol. The van der Waals surface area contributed by atoms with E-state index in [0.29, 0.717) is 18.7 Å². The van der Waals surface area contributed by atoms with E-state index in [4.69, 9.17) is 21.3 Å². The summed E-state index contributed by atoms with van der Waals surface area (Å²) in [6.07, 6.45) is 6.78. The Morgan fingerprint density at radius 1 is 1.06 bits per heavy atom. The predicted octanol–water partition coefficient (Wildman–Crippen LogP) is 5.38. The van der Waals surface area contributed by atoms with Crippen LogP contribution in [0, 0.1) is 0 Å². The van der Waals surface area contributed by atoms with E-state index in [0.717, 1.165) is 66.6 Å². The lowest BCUT2D eigenvalue weighted by Crippen LogP contribution is -2.64. The van der Waals surface area contributed by atoms with E-state index in [1.807, 2.05) is 48.8 Å². The zero-order valence-corrected chi connectivity index (χ0v) is 20.5. The van der Waals surface area contributed by atoms with Gasteiger partial charge in [-0.05, 0) is 83.4 Å². The fourth-order valence-corrected chi connectivity index (χ4v) is 5.93. The number of aromatic nitrogens is 1. The van der Waals surface area contributed by atoms with Crippen LogP contribution in [0.3, 0.4) is 0 Å². The van der Waals surface area contributed by atoms with Gasteiger partial charge in [0.25, 0.3) is 5.91 Å². The van der Waals surface area contributed by atoms with Gasteiger partial charge in [-0.3, -0.25) is 14.7 Å². The van der Waals surface area contributed by atoms with Crippen molar-refractivity contribution in [3.8, 4) is 0 Å². The van der Waals surface area contributed by atoms with Crippen LogP contribution in [0.4, 0.5) is 4.79 Å². The molecule has 176 valence electrons. The standard InChI is InChI=1S/C26H32ClN3O3/c1-26(2,3)33-25(32)30-17-7-6-8-18(30)15-29(14-17)24(31)16-11-12-20-22(13-16)28-21-10-5-4-9-19(21)23(20)27/h11-13,17-18H,4-10,14-15H2,1-3H3. The van der Waals surface area contributed by atoms with Crippen molar-refractivity contribution in [3.63, 3.8) is 0 Å². The minimum atomic E-state index is -0.531. The van der Waals surface area contributed by atoms with Crippen LogP contribution in [0.15, 0.2) is 18.2 Å². The van der Waals surface area contributed by atoms with Gasteiger partial charge in [-0.25, -0.2) is 4.79 Å². The Balaban J connectivity index is 1.38. The van der Waals surface area contributed by atoms with Crippen molar-refractivity contribution in [2.45, 2.75) is 83.4 Å². The van der Waals surface area contributed by atoms with Crippen molar-refractivity contribution in [3.05, 3.63) is 40.0 Å². The number of carbonyl (C=O) groups excluding carboxylic acids is 2. The summed E-state index contributed by atoms with van der Waals surface area (Å²) in [7, 11) is 0. The maximum absolute atomic E-state index is 13.5. The highest BCUT2D eigenvalue weighted by Crippen LogP contribution is 2.34. The Labute approximate surface area is 200 Å². The molecule has 0 spiro atoms. The van der Waals surface area contributed by atoms with E-state index in [1.165, 1.54) is 5.56 Å². The number of piperidine rings is 1. The highest BCUT2D eigenvalue weighted by atomic mass is 35.5. The molecule has 6 nitrogen and oxygen atoms in total. The van der Waals surface area contributed by atoms with Crippen LogP contribution in [0.25, 0.3) is 10.9 Å². The monoisotopic (exact) mass is 469 g/mol. The Morgan fingerprint density at radius 3 is 2.45 bits per heavy atom. The van der Waals surface area contributed by atoms with E-state index >= 15 is 0 Å². The second-order valence-electron chi connectivity index (χ2n) is 10.6. The molecule has 7 heteroatoms. The maximum atomic E-state index is 13.5. The number of hydrogen-bond donors (Lipinski definition) is 0. The van der Waals surface area contributed by atoms with E-state index in [1.54, 1.807) is 0 Å². The summed E-state index contributed by atoms with van der Waals surface area (Å²) in [5, 5.41) is 1.70. The lowest BCUT2D eigenvalue weighted by atomic mass is 9.91. The Morgan fingerprint density at radius 2 is 1.76 bits per heavy atom. The fourth-order valence-electron chi connectivity index (χ4n) is 5.57. The van der Waals surface area contributed by atoms with E-state index in [9.17, 15) is 9.59 Å². The van der Waals surface area contributed by atoms with Crippen LogP contribution in [0.2, 0.25) is 5.02 Å². The third kappa shape index (κ3) is 4.30. The van der Waals surface area contributed by atoms with Gasteiger partial charge in [0.2, 0.25) is 0 Å². The first-order valence-electron chi connectivity index (χ1n) is 12.1. The average Bonchev–Trinajstić information content (AvgIpc) is 2.76. The first-order chi connectivity index (χ1) is 15.7. The largest absolute Gasteiger partial charge is 0.444 e. The quantitative estimate of drug-likeness (QED) is 0.562. The minimum Gasteiger partial charge on any atom is -0.444 e. The van der Waals surface area contributed by atoms with Crippen molar-refractivity contribution in [2.75, 3.05) is 13.1 Å². The van der Waals surface area contributed by atoms with Crippen molar-refractivity contribution in [2.24, 2.45) is 0 Å². The average molecular weight is 470 g/mol. The van der Waals surface area contributed by atoms with Gasteiger partial charge in [0.05, 0.1) is 22.6 Å². The van der Waals surface area contributed by atoms with Crippen molar-refractivity contribution >= 4 is 34.5 Å². The summed E-state index contributed by atoms with van der Waals surface area (Å²) in [6.45, 7) is 6.72. The zero-order chi connectivity index (χ0) is 23.3. The van der Waals surface area contributed by atoms with Gasteiger partial charge >= 0.3 is 6.09 Å². The smallest absolute Gasteiger partial charge is 0.410 e.